The van der Waals surface area contributed by atoms with Crippen LogP contribution in [0.3, 0.4) is 0 Å². The summed E-state index contributed by atoms with van der Waals surface area (Å²) >= 11 is 0. The van der Waals surface area contributed by atoms with Gasteiger partial charge in [-0.15, -0.1) is 0 Å². The van der Waals surface area contributed by atoms with Gasteiger partial charge in [-0.25, -0.2) is 4.39 Å². The Bertz CT molecular complexity index is 822. The molecular formula is C23H27FN2O. The molecule has 142 valence electrons. The van der Waals surface area contributed by atoms with Gasteiger partial charge in [-0.3, -0.25) is 9.69 Å². The molecule has 4 rings (SSSR count). The van der Waals surface area contributed by atoms with Crippen LogP contribution in [0, 0.1) is 5.82 Å². The van der Waals surface area contributed by atoms with Crippen molar-refractivity contribution in [3.63, 3.8) is 0 Å². The van der Waals surface area contributed by atoms with Crippen LogP contribution in [0.4, 0.5) is 4.39 Å². The minimum atomic E-state index is -0.180. The molecule has 2 aromatic carbocycles. The minimum absolute atomic E-state index is 0.180. The van der Waals surface area contributed by atoms with Gasteiger partial charge in [0.25, 0.3) is 0 Å². The fourth-order valence-electron chi connectivity index (χ4n) is 4.73. The normalized spacial score (nSPS) is 23.8. The molecule has 4 heteroatoms. The largest absolute Gasteiger partial charge is 0.341 e. The number of amides is 1. The Morgan fingerprint density at radius 3 is 2.52 bits per heavy atom. The Hall–Kier alpha value is -2.20. The highest BCUT2D eigenvalue weighted by Gasteiger charge is 2.38. The lowest BCUT2D eigenvalue weighted by Gasteiger charge is -2.35. The zero-order chi connectivity index (χ0) is 18.8. The van der Waals surface area contributed by atoms with Gasteiger partial charge in [-0.1, -0.05) is 48.9 Å². The van der Waals surface area contributed by atoms with E-state index in [-0.39, 0.29) is 11.7 Å². The first kappa shape index (κ1) is 18.2. The highest BCUT2D eigenvalue weighted by Crippen LogP contribution is 2.33. The summed E-state index contributed by atoms with van der Waals surface area (Å²) in [6.07, 6.45) is 4.91. The minimum Gasteiger partial charge on any atom is -0.341 e. The van der Waals surface area contributed by atoms with Crippen LogP contribution >= 0.6 is 0 Å². The summed E-state index contributed by atoms with van der Waals surface area (Å²) in [4.78, 5) is 16.8. The zero-order valence-electron chi connectivity index (χ0n) is 15.9. The Balaban J connectivity index is 1.60. The number of benzene rings is 2. The molecular weight excluding hydrogens is 339 g/mol. The first-order valence-corrected chi connectivity index (χ1v) is 9.97. The molecule has 0 saturated carbocycles. The van der Waals surface area contributed by atoms with Gasteiger partial charge < -0.3 is 4.90 Å². The topological polar surface area (TPSA) is 23.6 Å². The average Bonchev–Trinajstić information content (AvgIpc) is 3.06. The Morgan fingerprint density at radius 2 is 1.70 bits per heavy atom. The molecule has 1 amide bonds. The van der Waals surface area contributed by atoms with Crippen LogP contribution in [-0.4, -0.2) is 41.4 Å². The van der Waals surface area contributed by atoms with E-state index in [1.807, 2.05) is 42.3 Å². The summed E-state index contributed by atoms with van der Waals surface area (Å²) in [6, 6.07) is 15.8. The van der Waals surface area contributed by atoms with Gasteiger partial charge in [-0.05, 0) is 36.5 Å². The maximum Gasteiger partial charge on any atom is 0.222 e. The number of likely N-dealkylation sites (tertiary alicyclic amines) is 2. The fourth-order valence-corrected chi connectivity index (χ4v) is 4.73. The van der Waals surface area contributed by atoms with E-state index >= 15 is 0 Å². The summed E-state index contributed by atoms with van der Waals surface area (Å²) in [7, 11) is 1.96. The van der Waals surface area contributed by atoms with Crippen LogP contribution < -0.4 is 0 Å². The third-order valence-corrected chi connectivity index (χ3v) is 6.21. The maximum absolute atomic E-state index is 14.4. The number of hydrogen-bond donors (Lipinski definition) is 0. The number of carbonyl (C=O) groups excluding carboxylic acids is 1. The maximum atomic E-state index is 14.4. The summed E-state index contributed by atoms with van der Waals surface area (Å²) in [5.41, 5.74) is 2.78. The first-order chi connectivity index (χ1) is 13.1. The van der Waals surface area contributed by atoms with Crippen molar-refractivity contribution in [1.29, 1.82) is 0 Å². The van der Waals surface area contributed by atoms with E-state index in [0.717, 1.165) is 49.9 Å². The van der Waals surface area contributed by atoms with Crippen LogP contribution in [0.2, 0.25) is 0 Å². The third-order valence-electron chi connectivity index (χ3n) is 6.21. The molecule has 2 saturated heterocycles. The van der Waals surface area contributed by atoms with Gasteiger partial charge in [0.15, 0.2) is 0 Å². The smallest absolute Gasteiger partial charge is 0.222 e. The molecule has 2 aromatic rings. The molecule has 0 spiro atoms. The molecule has 2 aliphatic rings. The van der Waals surface area contributed by atoms with E-state index in [1.54, 1.807) is 6.07 Å². The first-order valence-electron chi connectivity index (χ1n) is 9.97. The number of rotatable bonds is 3. The molecule has 27 heavy (non-hydrogen) atoms. The summed E-state index contributed by atoms with van der Waals surface area (Å²) < 4.78 is 14.4. The van der Waals surface area contributed by atoms with Crippen LogP contribution in [-0.2, 0) is 11.3 Å². The van der Waals surface area contributed by atoms with Gasteiger partial charge >= 0.3 is 0 Å². The van der Waals surface area contributed by atoms with Gasteiger partial charge in [0, 0.05) is 44.2 Å². The van der Waals surface area contributed by atoms with E-state index < -0.39 is 0 Å². The second-order valence-electron chi connectivity index (χ2n) is 7.78. The number of carbonyl (C=O) groups is 1. The quantitative estimate of drug-likeness (QED) is 0.800. The lowest BCUT2D eigenvalue weighted by Crippen LogP contribution is -2.46. The Labute approximate surface area is 160 Å². The van der Waals surface area contributed by atoms with Gasteiger partial charge in [0.05, 0.1) is 0 Å². The Kier molecular flexibility index (Phi) is 5.26. The van der Waals surface area contributed by atoms with Crippen molar-refractivity contribution in [3.05, 3.63) is 59.9 Å². The molecule has 0 aromatic heterocycles. The number of halogens is 1. The number of fused-ring (bicyclic) bond motifs is 1. The molecule has 0 aliphatic carbocycles. The molecule has 0 radical (unpaired) electrons. The third kappa shape index (κ3) is 3.63. The van der Waals surface area contributed by atoms with Crippen molar-refractivity contribution in [2.75, 3.05) is 13.6 Å². The summed E-state index contributed by atoms with van der Waals surface area (Å²) in [5.74, 6) is 0.0961. The van der Waals surface area contributed by atoms with E-state index in [9.17, 15) is 9.18 Å². The van der Waals surface area contributed by atoms with Gasteiger partial charge in [-0.2, -0.15) is 0 Å². The number of likely N-dealkylation sites (N-methyl/N-ethyl adjacent to an activating group) is 1. The summed E-state index contributed by atoms with van der Waals surface area (Å²) in [6.45, 7) is 1.78. The molecule has 2 atom stereocenters. The van der Waals surface area contributed by atoms with E-state index in [4.69, 9.17) is 0 Å². The van der Waals surface area contributed by atoms with Crippen LogP contribution in [0.25, 0.3) is 11.1 Å². The number of nitrogens with zero attached hydrogens (tertiary/aromatic N) is 2. The molecule has 2 fully saturated rings. The lowest BCUT2D eigenvalue weighted by molar-refractivity contribution is -0.133. The Morgan fingerprint density at radius 1 is 0.963 bits per heavy atom. The lowest BCUT2D eigenvalue weighted by atomic mass is 9.96. The van der Waals surface area contributed by atoms with E-state index in [1.165, 1.54) is 6.07 Å². The highest BCUT2D eigenvalue weighted by molar-refractivity contribution is 5.76. The van der Waals surface area contributed by atoms with E-state index in [0.29, 0.717) is 24.1 Å². The van der Waals surface area contributed by atoms with Crippen molar-refractivity contribution >= 4 is 5.91 Å². The van der Waals surface area contributed by atoms with Crippen molar-refractivity contribution in [2.24, 2.45) is 0 Å². The molecule has 2 heterocycles. The average molecular weight is 366 g/mol. The molecule has 0 N–H and O–H groups in total. The highest BCUT2D eigenvalue weighted by atomic mass is 19.1. The van der Waals surface area contributed by atoms with Crippen LogP contribution in [0.15, 0.2) is 48.5 Å². The second-order valence-corrected chi connectivity index (χ2v) is 7.78. The molecule has 0 unspecified atom stereocenters. The molecule has 2 aliphatic heterocycles. The van der Waals surface area contributed by atoms with Crippen molar-refractivity contribution in [1.82, 2.24) is 9.80 Å². The van der Waals surface area contributed by atoms with Crippen molar-refractivity contribution in [3.8, 4) is 11.1 Å². The second kappa shape index (κ2) is 7.81. The van der Waals surface area contributed by atoms with E-state index in [2.05, 4.69) is 11.0 Å². The van der Waals surface area contributed by atoms with Crippen LogP contribution in [0.1, 0.15) is 37.7 Å². The van der Waals surface area contributed by atoms with Crippen LogP contribution in [0.5, 0.6) is 0 Å². The predicted octanol–water partition coefficient (Wildman–Crippen LogP) is 4.47. The fraction of sp³-hybridized carbons (Fsp3) is 0.435. The van der Waals surface area contributed by atoms with Crippen molar-refractivity contribution in [2.45, 2.75) is 50.7 Å². The zero-order valence-corrected chi connectivity index (χ0v) is 15.9. The van der Waals surface area contributed by atoms with Gasteiger partial charge in [0.2, 0.25) is 5.91 Å². The van der Waals surface area contributed by atoms with Crippen molar-refractivity contribution < 1.29 is 9.18 Å². The summed E-state index contributed by atoms with van der Waals surface area (Å²) in [5, 5.41) is 0. The molecule has 3 nitrogen and oxygen atoms in total. The molecule has 0 bridgehead atoms. The monoisotopic (exact) mass is 366 g/mol. The predicted molar refractivity (Wildman–Crippen MR) is 106 cm³/mol. The SMILES string of the molecule is CN1C(=O)CCCC[C@@H]2[C@@H]1CCN2Cc1ccccc1-c1ccccc1F. The number of hydrogen-bond acceptors (Lipinski definition) is 2. The van der Waals surface area contributed by atoms with Gasteiger partial charge in [0.1, 0.15) is 5.82 Å². The standard InChI is InChI=1S/C23H27FN2O/c1-25-21-14-15-26(22(21)12-6-7-13-23(25)27)16-17-8-2-3-9-18(17)19-10-4-5-11-20(19)24/h2-5,8-11,21-22H,6-7,12-16H2,1H3/t21-,22+/m0/s1.